The number of allylic oxidation sites excluding steroid dienone is 3. The van der Waals surface area contributed by atoms with Crippen molar-refractivity contribution in [2.75, 3.05) is 20.1 Å². The third-order valence-corrected chi connectivity index (χ3v) is 3.95. The van der Waals surface area contributed by atoms with Crippen molar-refractivity contribution in [2.24, 2.45) is 0 Å². The van der Waals surface area contributed by atoms with Crippen LogP contribution in [0.2, 0.25) is 0 Å². The van der Waals surface area contributed by atoms with E-state index in [4.69, 9.17) is 0 Å². The molecule has 0 aromatic heterocycles. The summed E-state index contributed by atoms with van der Waals surface area (Å²) in [6.45, 7) is 12.3. The fourth-order valence-corrected chi connectivity index (χ4v) is 2.72. The summed E-state index contributed by atoms with van der Waals surface area (Å²) in [5.41, 5.74) is 3.85. The Kier molecular flexibility index (Phi) is 5.89. The molecule has 2 unspecified atom stereocenters. The maximum Gasteiger partial charge on any atom is 0.0730 e. The van der Waals surface area contributed by atoms with Gasteiger partial charge >= 0.3 is 0 Å². The summed E-state index contributed by atoms with van der Waals surface area (Å²) in [6, 6.07) is 0.372. The van der Waals surface area contributed by atoms with Crippen molar-refractivity contribution in [3.05, 3.63) is 23.4 Å². The van der Waals surface area contributed by atoms with Gasteiger partial charge in [-0.1, -0.05) is 26.0 Å². The van der Waals surface area contributed by atoms with Gasteiger partial charge in [-0.05, 0) is 38.8 Å². The molecule has 1 aliphatic heterocycles. The van der Waals surface area contributed by atoms with Gasteiger partial charge in [-0.15, -0.1) is 0 Å². The molecule has 1 aliphatic rings. The number of β-amino-alcohol motifs (C(OH)–C–C–N with tert-alkyl or cyclic N) is 1. The van der Waals surface area contributed by atoms with Gasteiger partial charge in [0.15, 0.2) is 0 Å². The van der Waals surface area contributed by atoms with E-state index in [1.807, 2.05) is 7.05 Å². The third kappa shape index (κ3) is 3.59. The number of rotatable bonds is 5. The predicted octanol–water partition coefficient (Wildman–Crippen LogP) is 2.29. The van der Waals surface area contributed by atoms with E-state index in [-0.39, 0.29) is 6.10 Å². The Balaban J connectivity index is 2.89. The van der Waals surface area contributed by atoms with Crippen LogP contribution < -0.4 is 5.32 Å². The standard InChI is InChI=1S/C15H28N2O/c1-6-11(3)15(7-2)12(4)17-9-13(16-5)8-14(18)10-17/h13-14,16,18H,3,6-10H2,1-2,4-5H3/b15-12+. The van der Waals surface area contributed by atoms with Crippen LogP contribution in [0.4, 0.5) is 0 Å². The van der Waals surface area contributed by atoms with Crippen molar-refractivity contribution < 1.29 is 5.11 Å². The summed E-state index contributed by atoms with van der Waals surface area (Å²) in [4.78, 5) is 2.30. The number of likely N-dealkylation sites (N-methyl/N-ethyl adjacent to an activating group) is 1. The number of nitrogens with zero attached hydrogens (tertiary/aromatic N) is 1. The summed E-state index contributed by atoms with van der Waals surface area (Å²) in [6.07, 6.45) is 2.61. The minimum atomic E-state index is -0.237. The molecule has 1 rings (SSSR count). The molecular formula is C15H28N2O. The van der Waals surface area contributed by atoms with Crippen molar-refractivity contribution in [1.29, 1.82) is 0 Å². The number of aliphatic hydroxyl groups is 1. The first-order chi connectivity index (χ1) is 8.53. The minimum absolute atomic E-state index is 0.237. The highest BCUT2D eigenvalue weighted by Crippen LogP contribution is 2.24. The zero-order valence-electron chi connectivity index (χ0n) is 12.3. The Bertz CT molecular complexity index is 322. The lowest BCUT2D eigenvalue weighted by atomic mass is 9.97. The summed E-state index contributed by atoms with van der Waals surface area (Å²) < 4.78 is 0. The molecule has 1 fully saturated rings. The first-order valence-corrected chi connectivity index (χ1v) is 7.01. The monoisotopic (exact) mass is 252 g/mol. The van der Waals surface area contributed by atoms with Gasteiger partial charge < -0.3 is 15.3 Å². The van der Waals surface area contributed by atoms with Crippen LogP contribution in [0.25, 0.3) is 0 Å². The molecule has 1 heterocycles. The summed E-state index contributed by atoms with van der Waals surface area (Å²) in [5.74, 6) is 0. The van der Waals surface area contributed by atoms with Gasteiger partial charge in [-0.3, -0.25) is 0 Å². The molecule has 0 saturated carbocycles. The van der Waals surface area contributed by atoms with Crippen LogP contribution in [0.15, 0.2) is 23.4 Å². The molecule has 0 bridgehead atoms. The van der Waals surface area contributed by atoms with Gasteiger partial charge in [-0.25, -0.2) is 0 Å². The molecule has 0 aromatic carbocycles. The number of aliphatic hydroxyl groups excluding tert-OH is 1. The lowest BCUT2D eigenvalue weighted by Crippen LogP contribution is -2.49. The van der Waals surface area contributed by atoms with E-state index in [2.05, 4.69) is 37.6 Å². The Morgan fingerprint density at radius 1 is 1.33 bits per heavy atom. The Morgan fingerprint density at radius 2 is 2.00 bits per heavy atom. The molecule has 0 aliphatic carbocycles. The molecule has 0 radical (unpaired) electrons. The lowest BCUT2D eigenvalue weighted by molar-refractivity contribution is 0.0700. The molecular weight excluding hydrogens is 224 g/mol. The maximum absolute atomic E-state index is 9.95. The Hall–Kier alpha value is -0.800. The molecule has 1 saturated heterocycles. The van der Waals surface area contributed by atoms with Gasteiger partial charge in [0.1, 0.15) is 0 Å². The van der Waals surface area contributed by atoms with E-state index >= 15 is 0 Å². The van der Waals surface area contributed by atoms with E-state index in [9.17, 15) is 5.11 Å². The summed E-state index contributed by atoms with van der Waals surface area (Å²) in [7, 11) is 1.96. The first-order valence-electron chi connectivity index (χ1n) is 7.01. The molecule has 2 N–H and O–H groups in total. The van der Waals surface area contributed by atoms with E-state index < -0.39 is 0 Å². The second-order valence-corrected chi connectivity index (χ2v) is 5.15. The zero-order valence-corrected chi connectivity index (χ0v) is 12.3. The van der Waals surface area contributed by atoms with Gasteiger partial charge in [0.2, 0.25) is 0 Å². The van der Waals surface area contributed by atoms with Gasteiger partial charge in [0, 0.05) is 24.8 Å². The van der Waals surface area contributed by atoms with Crippen LogP contribution in [0.3, 0.4) is 0 Å². The smallest absolute Gasteiger partial charge is 0.0730 e. The quantitative estimate of drug-likeness (QED) is 0.737. The fraction of sp³-hybridized carbons (Fsp3) is 0.733. The predicted molar refractivity (Wildman–Crippen MR) is 77.5 cm³/mol. The van der Waals surface area contributed by atoms with Crippen molar-refractivity contribution in [1.82, 2.24) is 10.2 Å². The Morgan fingerprint density at radius 3 is 2.50 bits per heavy atom. The van der Waals surface area contributed by atoms with Crippen LogP contribution in [0.1, 0.15) is 40.0 Å². The maximum atomic E-state index is 9.95. The van der Waals surface area contributed by atoms with Gasteiger partial charge in [0.25, 0.3) is 0 Å². The number of hydrogen-bond acceptors (Lipinski definition) is 3. The van der Waals surface area contributed by atoms with Crippen molar-refractivity contribution >= 4 is 0 Å². The SMILES string of the molecule is C=C(CC)/C(CC)=C(\C)N1CC(O)CC(NC)C1. The Labute approximate surface area is 112 Å². The zero-order chi connectivity index (χ0) is 13.7. The van der Waals surface area contributed by atoms with Gasteiger partial charge in [0.05, 0.1) is 6.10 Å². The first kappa shape index (κ1) is 15.3. The molecule has 104 valence electrons. The topological polar surface area (TPSA) is 35.5 Å². The average Bonchev–Trinajstić information content (AvgIpc) is 2.38. The number of piperidine rings is 1. The normalized spacial score (nSPS) is 25.9. The highest BCUT2D eigenvalue weighted by molar-refractivity contribution is 5.31. The fourth-order valence-electron chi connectivity index (χ4n) is 2.72. The number of likely N-dealkylation sites (tertiary alicyclic amines) is 1. The van der Waals surface area contributed by atoms with Crippen LogP contribution in [-0.2, 0) is 0 Å². The largest absolute Gasteiger partial charge is 0.391 e. The molecule has 3 nitrogen and oxygen atoms in total. The highest BCUT2D eigenvalue weighted by atomic mass is 16.3. The van der Waals surface area contributed by atoms with Crippen molar-refractivity contribution in [3.63, 3.8) is 0 Å². The summed E-state index contributed by atoms with van der Waals surface area (Å²) in [5, 5.41) is 13.2. The molecule has 18 heavy (non-hydrogen) atoms. The van der Waals surface area contributed by atoms with Gasteiger partial charge in [-0.2, -0.15) is 0 Å². The molecule has 0 aromatic rings. The number of nitrogens with one attached hydrogen (secondary N) is 1. The third-order valence-electron chi connectivity index (χ3n) is 3.95. The minimum Gasteiger partial charge on any atom is -0.391 e. The van der Waals surface area contributed by atoms with E-state index in [0.29, 0.717) is 6.04 Å². The molecule has 2 atom stereocenters. The average molecular weight is 252 g/mol. The van der Waals surface area contributed by atoms with Crippen molar-refractivity contribution in [2.45, 2.75) is 52.2 Å². The summed E-state index contributed by atoms with van der Waals surface area (Å²) >= 11 is 0. The van der Waals surface area contributed by atoms with E-state index in [1.54, 1.807) is 0 Å². The van der Waals surface area contributed by atoms with Crippen LogP contribution in [0.5, 0.6) is 0 Å². The van der Waals surface area contributed by atoms with E-state index in [0.717, 1.165) is 32.4 Å². The molecule has 0 amide bonds. The van der Waals surface area contributed by atoms with Crippen LogP contribution in [-0.4, -0.2) is 42.3 Å². The second-order valence-electron chi connectivity index (χ2n) is 5.15. The van der Waals surface area contributed by atoms with E-state index in [1.165, 1.54) is 16.8 Å². The van der Waals surface area contributed by atoms with Crippen molar-refractivity contribution in [3.8, 4) is 0 Å². The highest BCUT2D eigenvalue weighted by Gasteiger charge is 2.25. The second kappa shape index (κ2) is 6.95. The lowest BCUT2D eigenvalue weighted by Gasteiger charge is -2.38. The molecule has 0 spiro atoms. The van der Waals surface area contributed by atoms with Crippen LogP contribution >= 0.6 is 0 Å². The molecule has 3 heteroatoms. The number of hydrogen-bond donors (Lipinski definition) is 2. The van der Waals surface area contributed by atoms with Crippen LogP contribution in [0, 0.1) is 0 Å².